The Bertz CT molecular complexity index is 416. The van der Waals surface area contributed by atoms with Crippen LogP contribution in [0.25, 0.3) is 6.08 Å². The highest BCUT2D eigenvalue weighted by atomic mass is 79.9. The molecule has 0 amide bonds. The Morgan fingerprint density at radius 2 is 1.87 bits per heavy atom. The van der Waals surface area contributed by atoms with Gasteiger partial charge in [0, 0.05) is 10.0 Å². The lowest BCUT2D eigenvalue weighted by Gasteiger charge is -2.34. The standard InChI is InChI=1S/C13H13BrO/c14-12-9-10-5-1-2-6-11(10)15-13(12)7-3-4-8-13/h1-2,5-6,9H,3-4,7-8H2. The molecule has 1 fully saturated rings. The van der Waals surface area contributed by atoms with E-state index in [0.717, 1.165) is 18.6 Å². The molecule has 1 nitrogen and oxygen atoms in total. The molecule has 0 bridgehead atoms. The molecule has 0 atom stereocenters. The lowest BCUT2D eigenvalue weighted by molar-refractivity contribution is 0.122. The molecule has 0 saturated heterocycles. The third kappa shape index (κ3) is 1.43. The Kier molecular flexibility index (Phi) is 2.13. The van der Waals surface area contributed by atoms with Crippen molar-refractivity contribution in [3.63, 3.8) is 0 Å². The first-order valence-electron chi connectivity index (χ1n) is 5.46. The first kappa shape index (κ1) is 9.46. The molecule has 1 spiro atoms. The smallest absolute Gasteiger partial charge is 0.140 e. The van der Waals surface area contributed by atoms with E-state index in [0.29, 0.717) is 0 Å². The van der Waals surface area contributed by atoms with Crippen molar-refractivity contribution >= 4 is 22.0 Å². The second-order valence-corrected chi connectivity index (χ2v) is 5.19. The molecule has 1 heterocycles. The SMILES string of the molecule is BrC1=Cc2ccccc2OC12CCCC2. The van der Waals surface area contributed by atoms with E-state index >= 15 is 0 Å². The van der Waals surface area contributed by atoms with Crippen LogP contribution < -0.4 is 4.74 Å². The molecule has 2 aliphatic rings. The van der Waals surface area contributed by atoms with E-state index in [4.69, 9.17) is 4.74 Å². The van der Waals surface area contributed by atoms with Gasteiger partial charge in [-0.15, -0.1) is 0 Å². The van der Waals surface area contributed by atoms with Gasteiger partial charge in [-0.05, 0) is 37.8 Å². The summed E-state index contributed by atoms with van der Waals surface area (Å²) < 4.78 is 7.39. The number of fused-ring (bicyclic) bond motifs is 1. The van der Waals surface area contributed by atoms with E-state index < -0.39 is 0 Å². The number of benzene rings is 1. The zero-order valence-corrected chi connectivity index (χ0v) is 10.1. The summed E-state index contributed by atoms with van der Waals surface area (Å²) in [7, 11) is 0. The zero-order valence-electron chi connectivity index (χ0n) is 8.50. The molecule has 0 radical (unpaired) electrons. The Morgan fingerprint density at radius 1 is 1.13 bits per heavy atom. The normalized spacial score (nSPS) is 22.1. The third-order valence-electron chi connectivity index (χ3n) is 3.35. The number of hydrogen-bond donors (Lipinski definition) is 0. The van der Waals surface area contributed by atoms with Crippen molar-refractivity contribution in [3.05, 3.63) is 34.3 Å². The molecular weight excluding hydrogens is 252 g/mol. The molecule has 3 rings (SSSR count). The Labute approximate surface area is 98.3 Å². The van der Waals surface area contributed by atoms with E-state index in [-0.39, 0.29) is 5.60 Å². The van der Waals surface area contributed by atoms with Gasteiger partial charge in [-0.3, -0.25) is 0 Å². The van der Waals surface area contributed by atoms with Crippen LogP contribution in [0.1, 0.15) is 31.2 Å². The summed E-state index contributed by atoms with van der Waals surface area (Å²) >= 11 is 3.68. The molecule has 1 aliphatic heterocycles. The fourth-order valence-electron chi connectivity index (χ4n) is 2.51. The molecule has 1 aliphatic carbocycles. The van der Waals surface area contributed by atoms with Crippen LogP contribution >= 0.6 is 15.9 Å². The summed E-state index contributed by atoms with van der Waals surface area (Å²) in [6.07, 6.45) is 7.03. The molecule has 0 unspecified atom stereocenters. The average Bonchev–Trinajstić information content (AvgIpc) is 2.70. The molecule has 0 N–H and O–H groups in total. The van der Waals surface area contributed by atoms with Gasteiger partial charge in [0.1, 0.15) is 11.4 Å². The van der Waals surface area contributed by atoms with Crippen LogP contribution in [0, 0.1) is 0 Å². The van der Waals surface area contributed by atoms with Crippen LogP contribution in [0.5, 0.6) is 5.75 Å². The van der Waals surface area contributed by atoms with Gasteiger partial charge >= 0.3 is 0 Å². The third-order valence-corrected chi connectivity index (χ3v) is 4.30. The maximum atomic E-state index is 6.18. The fraction of sp³-hybridized carbons (Fsp3) is 0.385. The van der Waals surface area contributed by atoms with Gasteiger partial charge in [-0.2, -0.15) is 0 Å². The summed E-state index contributed by atoms with van der Waals surface area (Å²) in [5.74, 6) is 1.03. The largest absolute Gasteiger partial charge is 0.481 e. The van der Waals surface area contributed by atoms with Gasteiger partial charge in [0.25, 0.3) is 0 Å². The lowest BCUT2D eigenvalue weighted by Crippen LogP contribution is -2.34. The van der Waals surface area contributed by atoms with E-state index in [9.17, 15) is 0 Å². The number of para-hydroxylation sites is 1. The molecule has 15 heavy (non-hydrogen) atoms. The van der Waals surface area contributed by atoms with Gasteiger partial charge in [0.15, 0.2) is 0 Å². The van der Waals surface area contributed by atoms with E-state index in [1.807, 2.05) is 12.1 Å². The second-order valence-electron chi connectivity index (χ2n) is 4.33. The summed E-state index contributed by atoms with van der Waals surface area (Å²) in [4.78, 5) is 0. The molecule has 78 valence electrons. The van der Waals surface area contributed by atoms with Crippen LogP contribution in [0.15, 0.2) is 28.7 Å². The Balaban J connectivity index is 2.07. The number of rotatable bonds is 0. The molecule has 0 aromatic heterocycles. The lowest BCUT2D eigenvalue weighted by atomic mass is 9.96. The van der Waals surface area contributed by atoms with Crippen molar-refractivity contribution in [1.29, 1.82) is 0 Å². The van der Waals surface area contributed by atoms with E-state index in [2.05, 4.69) is 34.1 Å². The molecule has 1 aromatic rings. The van der Waals surface area contributed by atoms with Crippen molar-refractivity contribution in [2.45, 2.75) is 31.3 Å². The minimum absolute atomic E-state index is 0.0473. The van der Waals surface area contributed by atoms with Gasteiger partial charge in [-0.25, -0.2) is 0 Å². The molecule has 1 saturated carbocycles. The summed E-state index contributed by atoms with van der Waals surface area (Å²) in [6.45, 7) is 0. The topological polar surface area (TPSA) is 9.23 Å². The van der Waals surface area contributed by atoms with Crippen LogP contribution in [-0.4, -0.2) is 5.60 Å². The number of halogens is 1. The van der Waals surface area contributed by atoms with E-state index in [1.165, 1.54) is 22.9 Å². The Hall–Kier alpha value is -0.760. The highest BCUT2D eigenvalue weighted by molar-refractivity contribution is 9.11. The summed E-state index contributed by atoms with van der Waals surface area (Å²) in [5, 5.41) is 0. The first-order valence-corrected chi connectivity index (χ1v) is 6.25. The Morgan fingerprint density at radius 3 is 2.67 bits per heavy atom. The fourth-order valence-corrected chi connectivity index (χ4v) is 3.23. The van der Waals surface area contributed by atoms with Crippen LogP contribution in [0.4, 0.5) is 0 Å². The van der Waals surface area contributed by atoms with Crippen LogP contribution in [0.2, 0.25) is 0 Å². The first-order chi connectivity index (χ1) is 7.30. The average molecular weight is 265 g/mol. The van der Waals surface area contributed by atoms with Crippen LogP contribution in [-0.2, 0) is 0 Å². The van der Waals surface area contributed by atoms with Crippen molar-refractivity contribution in [2.75, 3.05) is 0 Å². The summed E-state index contributed by atoms with van der Waals surface area (Å²) in [6, 6.07) is 8.24. The highest BCUT2D eigenvalue weighted by Gasteiger charge is 2.41. The van der Waals surface area contributed by atoms with Gasteiger partial charge in [-0.1, -0.05) is 34.1 Å². The maximum Gasteiger partial charge on any atom is 0.140 e. The molecule has 2 heteroatoms. The van der Waals surface area contributed by atoms with Gasteiger partial charge in [0.2, 0.25) is 0 Å². The van der Waals surface area contributed by atoms with Gasteiger partial charge < -0.3 is 4.74 Å². The maximum absolute atomic E-state index is 6.18. The van der Waals surface area contributed by atoms with Crippen molar-refractivity contribution in [1.82, 2.24) is 0 Å². The highest BCUT2D eigenvalue weighted by Crippen LogP contribution is 2.47. The van der Waals surface area contributed by atoms with E-state index in [1.54, 1.807) is 0 Å². The predicted molar refractivity (Wildman–Crippen MR) is 65.2 cm³/mol. The minimum atomic E-state index is -0.0473. The summed E-state index contributed by atoms with van der Waals surface area (Å²) in [5.41, 5.74) is 1.14. The zero-order chi connectivity index (χ0) is 10.3. The van der Waals surface area contributed by atoms with Gasteiger partial charge in [0.05, 0.1) is 0 Å². The number of ether oxygens (including phenoxy) is 1. The second kappa shape index (κ2) is 3.38. The monoisotopic (exact) mass is 264 g/mol. The van der Waals surface area contributed by atoms with Crippen molar-refractivity contribution in [2.24, 2.45) is 0 Å². The minimum Gasteiger partial charge on any atom is -0.481 e. The van der Waals surface area contributed by atoms with Crippen LogP contribution in [0.3, 0.4) is 0 Å². The quantitative estimate of drug-likeness (QED) is 0.685. The molecular formula is C13H13BrO. The number of hydrogen-bond acceptors (Lipinski definition) is 1. The predicted octanol–water partition coefficient (Wildman–Crippen LogP) is 4.13. The van der Waals surface area contributed by atoms with Crippen molar-refractivity contribution < 1.29 is 4.74 Å². The van der Waals surface area contributed by atoms with Crippen molar-refractivity contribution in [3.8, 4) is 5.75 Å². The molecule has 1 aromatic carbocycles.